The maximum absolute atomic E-state index is 14.8. The summed E-state index contributed by atoms with van der Waals surface area (Å²) in [7, 11) is -2.43. The molecular weight excluding hydrogens is 409 g/mol. The largest absolute Gasteiger partial charge is 0.495 e. The molecule has 0 aliphatic heterocycles. The molecular formula is C19H15ClFNO3S2. The fraction of sp³-hybridized carbons (Fsp3) is 0.0526. The molecule has 0 radical (unpaired) electrons. The Morgan fingerprint density at radius 3 is 2.44 bits per heavy atom. The number of benzene rings is 3. The van der Waals surface area contributed by atoms with Gasteiger partial charge in [-0.2, -0.15) is 0 Å². The predicted molar refractivity (Wildman–Crippen MR) is 108 cm³/mol. The minimum absolute atomic E-state index is 0.00707. The van der Waals surface area contributed by atoms with Crippen LogP contribution >= 0.6 is 24.2 Å². The molecule has 8 heteroatoms. The molecule has 0 saturated carbocycles. The molecule has 0 aliphatic rings. The van der Waals surface area contributed by atoms with Crippen molar-refractivity contribution in [2.75, 3.05) is 11.8 Å². The van der Waals surface area contributed by atoms with Crippen LogP contribution in [-0.4, -0.2) is 15.5 Å². The van der Waals surface area contributed by atoms with Gasteiger partial charge >= 0.3 is 0 Å². The smallest absolute Gasteiger partial charge is 0.261 e. The van der Waals surface area contributed by atoms with Crippen LogP contribution in [0.25, 0.3) is 11.1 Å². The van der Waals surface area contributed by atoms with Crippen molar-refractivity contribution in [3.8, 4) is 16.9 Å². The number of sulfonamides is 1. The number of rotatable bonds is 5. The summed E-state index contributed by atoms with van der Waals surface area (Å²) in [5, 5.41) is 0.426. The summed E-state index contributed by atoms with van der Waals surface area (Å²) in [6.45, 7) is 0. The number of ether oxygens (including phenoxy) is 1. The van der Waals surface area contributed by atoms with E-state index in [0.29, 0.717) is 21.9 Å². The lowest BCUT2D eigenvalue weighted by Gasteiger charge is -2.14. The maximum atomic E-state index is 14.8. The molecule has 1 N–H and O–H groups in total. The number of nitrogens with one attached hydrogen (secondary N) is 1. The van der Waals surface area contributed by atoms with E-state index in [2.05, 4.69) is 17.4 Å². The molecule has 0 atom stereocenters. The zero-order chi connectivity index (χ0) is 19.6. The van der Waals surface area contributed by atoms with Gasteiger partial charge in [0, 0.05) is 4.90 Å². The Balaban J connectivity index is 1.99. The van der Waals surface area contributed by atoms with Gasteiger partial charge in [-0.15, -0.1) is 12.6 Å². The number of hydrogen-bond donors (Lipinski definition) is 2. The Morgan fingerprint density at radius 2 is 1.78 bits per heavy atom. The van der Waals surface area contributed by atoms with E-state index in [0.717, 1.165) is 0 Å². The molecule has 3 aromatic carbocycles. The van der Waals surface area contributed by atoms with E-state index in [4.69, 9.17) is 16.3 Å². The summed E-state index contributed by atoms with van der Waals surface area (Å²) in [5.74, 6) is -0.333. The van der Waals surface area contributed by atoms with Gasteiger partial charge in [0.25, 0.3) is 10.0 Å². The summed E-state index contributed by atoms with van der Waals surface area (Å²) in [6, 6.07) is 15.7. The highest BCUT2D eigenvalue weighted by molar-refractivity contribution is 7.92. The zero-order valence-electron chi connectivity index (χ0n) is 14.1. The molecule has 0 bridgehead atoms. The topological polar surface area (TPSA) is 55.4 Å². The fourth-order valence-corrected chi connectivity index (χ4v) is 4.11. The Kier molecular flexibility index (Phi) is 5.64. The number of hydrogen-bond acceptors (Lipinski definition) is 4. The molecule has 4 nitrogen and oxygen atoms in total. The SMILES string of the molecule is COc1cc(-c2ccc(NS(=O)(=O)c3ccccc3)c(F)c2S)ccc1Cl. The minimum atomic E-state index is -3.91. The molecule has 0 amide bonds. The zero-order valence-corrected chi connectivity index (χ0v) is 16.6. The van der Waals surface area contributed by atoms with Crippen LogP contribution in [0, 0.1) is 5.82 Å². The predicted octanol–water partition coefficient (Wildman–Crippen LogP) is 5.24. The standard InChI is InChI=1S/C19H15ClFNO3S2/c1-25-17-11-12(7-9-15(17)20)14-8-10-16(18(21)19(14)26)22-27(23,24)13-5-3-2-4-6-13/h2-11,22,26H,1H3. The van der Waals surface area contributed by atoms with Crippen molar-refractivity contribution in [2.45, 2.75) is 9.79 Å². The molecule has 0 fully saturated rings. The molecule has 140 valence electrons. The second-order valence-corrected chi connectivity index (χ2v) is 8.13. The Bertz CT molecular complexity index is 1090. The molecule has 3 rings (SSSR count). The second-order valence-electron chi connectivity index (χ2n) is 5.59. The third-order valence-electron chi connectivity index (χ3n) is 3.88. The van der Waals surface area contributed by atoms with Gasteiger partial charge < -0.3 is 4.74 Å². The van der Waals surface area contributed by atoms with Crippen LogP contribution in [0.1, 0.15) is 0 Å². The van der Waals surface area contributed by atoms with E-state index in [1.807, 2.05) is 0 Å². The van der Waals surface area contributed by atoms with Gasteiger partial charge in [0.2, 0.25) is 0 Å². The summed E-state index contributed by atoms with van der Waals surface area (Å²) in [4.78, 5) is 0.0456. The monoisotopic (exact) mass is 423 g/mol. The molecule has 0 unspecified atom stereocenters. The van der Waals surface area contributed by atoms with E-state index in [1.165, 1.54) is 25.3 Å². The van der Waals surface area contributed by atoms with Gasteiger partial charge in [-0.3, -0.25) is 4.72 Å². The first-order chi connectivity index (χ1) is 12.8. The quantitative estimate of drug-likeness (QED) is 0.551. The van der Waals surface area contributed by atoms with Crippen molar-refractivity contribution in [1.29, 1.82) is 0 Å². The first kappa shape index (κ1) is 19.5. The Labute approximate surface area is 167 Å². The van der Waals surface area contributed by atoms with Crippen molar-refractivity contribution in [1.82, 2.24) is 0 Å². The third kappa shape index (κ3) is 4.05. The van der Waals surface area contributed by atoms with Crippen molar-refractivity contribution < 1.29 is 17.5 Å². The average Bonchev–Trinajstić information content (AvgIpc) is 2.67. The number of anilines is 1. The van der Waals surface area contributed by atoms with Crippen LogP contribution in [-0.2, 0) is 10.0 Å². The highest BCUT2D eigenvalue weighted by Crippen LogP contribution is 2.36. The van der Waals surface area contributed by atoms with E-state index < -0.39 is 15.8 Å². The molecule has 0 aromatic heterocycles. The summed E-state index contributed by atoms with van der Waals surface area (Å²) >= 11 is 10.3. The van der Waals surface area contributed by atoms with Gasteiger partial charge in [0.05, 0.1) is 22.7 Å². The third-order valence-corrected chi connectivity index (χ3v) is 6.01. The minimum Gasteiger partial charge on any atom is -0.495 e. The van der Waals surface area contributed by atoms with Gasteiger partial charge in [0.15, 0.2) is 5.82 Å². The molecule has 0 saturated heterocycles. The first-order valence-electron chi connectivity index (χ1n) is 7.76. The van der Waals surface area contributed by atoms with Crippen LogP contribution in [0.15, 0.2) is 70.5 Å². The lowest BCUT2D eigenvalue weighted by molar-refractivity contribution is 0.415. The highest BCUT2D eigenvalue weighted by atomic mass is 35.5. The van der Waals surface area contributed by atoms with Gasteiger partial charge in [0.1, 0.15) is 5.75 Å². The normalized spacial score (nSPS) is 11.3. The van der Waals surface area contributed by atoms with E-state index in [-0.39, 0.29) is 15.5 Å². The number of halogens is 2. The van der Waals surface area contributed by atoms with Crippen molar-refractivity contribution in [3.05, 3.63) is 71.5 Å². The number of thiol groups is 1. The Hall–Kier alpha value is -2.22. The summed E-state index contributed by atoms with van der Waals surface area (Å²) in [5.41, 5.74) is 0.930. The second kappa shape index (κ2) is 7.80. The van der Waals surface area contributed by atoms with E-state index in [1.54, 1.807) is 42.5 Å². The molecule has 0 spiro atoms. The summed E-state index contributed by atoms with van der Waals surface area (Å²) < 4.78 is 47.0. The van der Waals surface area contributed by atoms with Crippen LogP contribution in [0.5, 0.6) is 5.75 Å². The van der Waals surface area contributed by atoms with Crippen LogP contribution in [0.2, 0.25) is 5.02 Å². The Morgan fingerprint density at radius 1 is 1.07 bits per heavy atom. The van der Waals surface area contributed by atoms with Crippen LogP contribution in [0.4, 0.5) is 10.1 Å². The molecule has 0 aliphatic carbocycles. The molecule has 0 heterocycles. The van der Waals surface area contributed by atoms with E-state index in [9.17, 15) is 12.8 Å². The fourth-order valence-electron chi connectivity index (χ4n) is 2.51. The molecule has 27 heavy (non-hydrogen) atoms. The van der Waals surface area contributed by atoms with Crippen LogP contribution < -0.4 is 9.46 Å². The molecule has 3 aromatic rings. The van der Waals surface area contributed by atoms with Crippen LogP contribution in [0.3, 0.4) is 0 Å². The van der Waals surface area contributed by atoms with Gasteiger partial charge in [-0.25, -0.2) is 12.8 Å². The lowest BCUT2D eigenvalue weighted by atomic mass is 10.0. The maximum Gasteiger partial charge on any atom is 0.261 e. The van der Waals surface area contributed by atoms with Gasteiger partial charge in [-0.05, 0) is 41.5 Å². The lowest BCUT2D eigenvalue weighted by Crippen LogP contribution is -2.14. The highest BCUT2D eigenvalue weighted by Gasteiger charge is 2.19. The average molecular weight is 424 g/mol. The first-order valence-corrected chi connectivity index (χ1v) is 10.1. The van der Waals surface area contributed by atoms with Gasteiger partial charge in [-0.1, -0.05) is 41.9 Å². The van der Waals surface area contributed by atoms with Crippen molar-refractivity contribution >= 4 is 39.9 Å². The van der Waals surface area contributed by atoms with Crippen molar-refractivity contribution in [3.63, 3.8) is 0 Å². The van der Waals surface area contributed by atoms with E-state index >= 15 is 0 Å². The summed E-state index contributed by atoms with van der Waals surface area (Å²) in [6.07, 6.45) is 0. The van der Waals surface area contributed by atoms with Crippen molar-refractivity contribution in [2.24, 2.45) is 0 Å². The number of methoxy groups -OCH3 is 1.